The Kier molecular flexibility index (Phi) is 35.1. The van der Waals surface area contributed by atoms with Crippen LogP contribution in [0.3, 0.4) is 0 Å². The molecule has 0 aliphatic rings. The Balaban J connectivity index is 4.20. The lowest BCUT2D eigenvalue weighted by Gasteiger charge is -2.32. The Morgan fingerprint density at radius 3 is 1.38 bits per heavy atom. The molecule has 48 heavy (non-hydrogen) atoms. The van der Waals surface area contributed by atoms with Gasteiger partial charge in [0.2, 0.25) is 0 Å². The van der Waals surface area contributed by atoms with Crippen LogP contribution in [0.4, 0.5) is 0 Å². The molecule has 0 saturated carbocycles. The first kappa shape index (κ1) is 46.2. The number of nitrogens with two attached hydrogens (primary N) is 1. The van der Waals surface area contributed by atoms with Crippen molar-refractivity contribution in [2.24, 2.45) is 11.7 Å². The molecule has 0 aromatic heterocycles. The third kappa shape index (κ3) is 35.5. The zero-order valence-electron chi connectivity index (χ0n) is 32.7. The Morgan fingerprint density at radius 2 is 0.979 bits per heavy atom. The highest BCUT2D eigenvalue weighted by Crippen LogP contribution is 2.28. The fourth-order valence-electron chi connectivity index (χ4n) is 6.12. The fourth-order valence-corrected chi connectivity index (χ4v) is 6.12. The van der Waals surface area contributed by atoms with Crippen molar-refractivity contribution < 1.29 is 4.74 Å². The molecule has 0 spiro atoms. The van der Waals surface area contributed by atoms with Gasteiger partial charge in [-0.2, -0.15) is 0 Å². The molecule has 4 N–H and O–H groups in total. The average Bonchev–Trinajstić information content (AvgIpc) is 3.07. The van der Waals surface area contributed by atoms with Crippen molar-refractivity contribution >= 4 is 5.96 Å². The molecule has 0 aliphatic heterocycles. The molecule has 4 heteroatoms. The monoisotopic (exact) mass is 670 g/mol. The van der Waals surface area contributed by atoms with Crippen LogP contribution in [0.5, 0.6) is 0 Å². The molecule has 0 rings (SSSR count). The summed E-state index contributed by atoms with van der Waals surface area (Å²) in [4.78, 5) is 0. The van der Waals surface area contributed by atoms with Crippen molar-refractivity contribution in [2.45, 2.75) is 207 Å². The van der Waals surface area contributed by atoms with E-state index in [1.807, 2.05) is 0 Å². The van der Waals surface area contributed by atoms with Crippen molar-refractivity contribution in [3.63, 3.8) is 0 Å². The van der Waals surface area contributed by atoms with Gasteiger partial charge in [0.05, 0.1) is 5.60 Å². The first-order valence-corrected chi connectivity index (χ1v) is 20.7. The third-order valence-electron chi connectivity index (χ3n) is 9.48. The van der Waals surface area contributed by atoms with E-state index >= 15 is 0 Å². The number of ether oxygens (including phenoxy) is 1. The minimum Gasteiger partial charge on any atom is -0.375 e. The summed E-state index contributed by atoms with van der Waals surface area (Å²) in [5, 5.41) is 10.3. The zero-order chi connectivity index (χ0) is 35.2. The van der Waals surface area contributed by atoms with Crippen molar-refractivity contribution in [1.29, 1.82) is 5.41 Å². The number of hydrogen-bond acceptors (Lipinski definition) is 2. The first-order chi connectivity index (χ1) is 23.4. The van der Waals surface area contributed by atoms with E-state index < -0.39 is 0 Å². The lowest BCUT2D eigenvalue weighted by Crippen LogP contribution is -2.33. The van der Waals surface area contributed by atoms with E-state index in [1.165, 1.54) is 154 Å². The second-order valence-corrected chi connectivity index (χ2v) is 14.7. The Hall–Kier alpha value is -1.81. The second kappa shape index (κ2) is 36.5. The SMILES string of the molecule is CCCCC/C=C\C/C=C\CCCCCCCCC(C)(CCCCCCCC/C=C\C/C=C\CCCCC)OCC(C)CCNC(=N)N. The molecule has 280 valence electrons. The highest BCUT2D eigenvalue weighted by molar-refractivity contribution is 5.74. The van der Waals surface area contributed by atoms with Gasteiger partial charge in [-0.1, -0.05) is 159 Å². The molecular weight excluding hydrogens is 587 g/mol. The summed E-state index contributed by atoms with van der Waals surface area (Å²) in [6, 6.07) is 0. The second-order valence-electron chi connectivity index (χ2n) is 14.7. The Bertz CT molecular complexity index is 751. The van der Waals surface area contributed by atoms with Crippen LogP contribution < -0.4 is 11.1 Å². The minimum absolute atomic E-state index is 0.0211. The predicted molar refractivity (Wildman–Crippen MR) is 216 cm³/mol. The normalized spacial score (nSPS) is 13.2. The Labute approximate surface area is 300 Å². The molecule has 0 saturated heterocycles. The van der Waals surface area contributed by atoms with Gasteiger partial charge in [-0.05, 0) is 96.3 Å². The van der Waals surface area contributed by atoms with Crippen molar-refractivity contribution in [2.75, 3.05) is 13.2 Å². The topological polar surface area (TPSA) is 71.1 Å². The van der Waals surface area contributed by atoms with Crippen molar-refractivity contribution in [3.05, 3.63) is 48.6 Å². The summed E-state index contributed by atoms with van der Waals surface area (Å²) in [6.07, 6.45) is 53.1. The first-order valence-electron chi connectivity index (χ1n) is 20.7. The molecular formula is C44H83N3O. The van der Waals surface area contributed by atoms with Crippen LogP contribution in [0, 0.1) is 11.3 Å². The maximum absolute atomic E-state index is 7.39. The van der Waals surface area contributed by atoms with E-state index in [2.05, 4.69) is 81.6 Å². The lowest BCUT2D eigenvalue weighted by atomic mass is 9.90. The number of nitrogens with one attached hydrogen (secondary N) is 2. The minimum atomic E-state index is -0.0211. The Morgan fingerprint density at radius 1 is 0.604 bits per heavy atom. The highest BCUT2D eigenvalue weighted by Gasteiger charge is 2.25. The summed E-state index contributed by atoms with van der Waals surface area (Å²) in [5.74, 6) is 0.519. The van der Waals surface area contributed by atoms with Gasteiger partial charge < -0.3 is 15.8 Å². The smallest absolute Gasteiger partial charge is 0.185 e. The van der Waals surface area contributed by atoms with E-state index in [0.717, 1.165) is 32.4 Å². The van der Waals surface area contributed by atoms with Crippen LogP contribution in [0.2, 0.25) is 0 Å². The van der Waals surface area contributed by atoms with Crippen molar-refractivity contribution in [1.82, 2.24) is 5.32 Å². The maximum atomic E-state index is 7.39. The van der Waals surface area contributed by atoms with Crippen LogP contribution in [0.25, 0.3) is 0 Å². The summed E-state index contributed by atoms with van der Waals surface area (Å²) in [6.45, 7) is 10.7. The fraction of sp³-hybridized carbons (Fsp3) is 0.795. The molecule has 4 nitrogen and oxygen atoms in total. The molecule has 0 heterocycles. The number of hydrogen-bond donors (Lipinski definition) is 3. The van der Waals surface area contributed by atoms with Gasteiger partial charge in [0, 0.05) is 13.2 Å². The summed E-state index contributed by atoms with van der Waals surface area (Å²) < 4.78 is 6.66. The summed E-state index contributed by atoms with van der Waals surface area (Å²) >= 11 is 0. The summed E-state index contributed by atoms with van der Waals surface area (Å²) in [7, 11) is 0. The number of unbranched alkanes of at least 4 members (excludes halogenated alkanes) is 18. The maximum Gasteiger partial charge on any atom is 0.185 e. The van der Waals surface area contributed by atoms with Gasteiger partial charge in [0.15, 0.2) is 5.96 Å². The van der Waals surface area contributed by atoms with Gasteiger partial charge >= 0.3 is 0 Å². The third-order valence-corrected chi connectivity index (χ3v) is 9.48. The van der Waals surface area contributed by atoms with Gasteiger partial charge in [0.1, 0.15) is 0 Å². The van der Waals surface area contributed by atoms with Crippen LogP contribution in [0.1, 0.15) is 201 Å². The number of allylic oxidation sites excluding steroid dienone is 8. The van der Waals surface area contributed by atoms with Gasteiger partial charge in [-0.25, -0.2) is 0 Å². The van der Waals surface area contributed by atoms with Crippen LogP contribution >= 0.6 is 0 Å². The van der Waals surface area contributed by atoms with Crippen LogP contribution in [-0.2, 0) is 4.74 Å². The lowest BCUT2D eigenvalue weighted by molar-refractivity contribution is -0.0605. The molecule has 0 aromatic carbocycles. The highest BCUT2D eigenvalue weighted by atomic mass is 16.5. The molecule has 1 unspecified atom stereocenters. The largest absolute Gasteiger partial charge is 0.375 e. The van der Waals surface area contributed by atoms with E-state index in [-0.39, 0.29) is 11.6 Å². The van der Waals surface area contributed by atoms with Gasteiger partial charge in [-0.15, -0.1) is 0 Å². The summed E-state index contributed by atoms with van der Waals surface area (Å²) in [5.41, 5.74) is 5.43. The average molecular weight is 670 g/mol. The zero-order valence-corrected chi connectivity index (χ0v) is 32.7. The molecule has 0 aliphatic carbocycles. The van der Waals surface area contributed by atoms with E-state index in [0.29, 0.717) is 5.92 Å². The molecule has 0 bridgehead atoms. The quantitative estimate of drug-likeness (QED) is 0.0269. The number of guanidine groups is 1. The van der Waals surface area contributed by atoms with Crippen LogP contribution in [-0.4, -0.2) is 24.7 Å². The predicted octanol–water partition coefficient (Wildman–Crippen LogP) is 13.7. The van der Waals surface area contributed by atoms with E-state index in [1.54, 1.807) is 0 Å². The molecule has 0 radical (unpaired) electrons. The van der Waals surface area contributed by atoms with E-state index in [9.17, 15) is 0 Å². The molecule has 0 aromatic rings. The van der Waals surface area contributed by atoms with Gasteiger partial charge in [-0.3, -0.25) is 5.41 Å². The van der Waals surface area contributed by atoms with Gasteiger partial charge in [0.25, 0.3) is 0 Å². The molecule has 1 atom stereocenters. The number of rotatable bonds is 36. The van der Waals surface area contributed by atoms with Crippen LogP contribution in [0.15, 0.2) is 48.6 Å². The van der Waals surface area contributed by atoms with E-state index in [4.69, 9.17) is 15.9 Å². The molecule has 0 fully saturated rings. The molecule has 0 amide bonds. The van der Waals surface area contributed by atoms with Crippen molar-refractivity contribution in [3.8, 4) is 0 Å². The standard InChI is InChI=1S/C44H83N3O/c1-5-7-9-11-13-15-17-19-21-23-25-27-29-31-33-35-38-44(4,48-41-42(3)37-40-47-43(45)46)39-36-34-32-30-28-26-24-22-20-18-16-14-12-10-8-6-2/h13-16,19-22,42H,5-12,17-18,23-41H2,1-4H3,(H4,45,46,47)/b15-13-,16-14-,21-19-,22-20-.